The molecule has 0 N–H and O–H groups in total. The Bertz CT molecular complexity index is 398. The highest BCUT2D eigenvalue weighted by atomic mass is 79.9. The van der Waals surface area contributed by atoms with Gasteiger partial charge in [0.2, 0.25) is 0 Å². The van der Waals surface area contributed by atoms with Gasteiger partial charge in [-0.15, -0.1) is 0 Å². The van der Waals surface area contributed by atoms with Crippen LogP contribution in [0.1, 0.15) is 38.3 Å². The van der Waals surface area contributed by atoms with E-state index in [0.717, 1.165) is 26.1 Å². The third kappa shape index (κ3) is 6.07. The first-order valence-corrected chi connectivity index (χ1v) is 7.59. The van der Waals surface area contributed by atoms with Crippen LogP contribution < -0.4 is 0 Å². The maximum absolute atomic E-state index is 5.09. The third-order valence-corrected chi connectivity index (χ3v) is 3.62. The first kappa shape index (κ1) is 16.7. The van der Waals surface area contributed by atoms with E-state index in [0.29, 0.717) is 0 Å². The molecule has 2 nitrogen and oxygen atoms in total. The van der Waals surface area contributed by atoms with E-state index >= 15 is 0 Å². The number of methoxy groups -OCH3 is 1. The predicted octanol–water partition coefficient (Wildman–Crippen LogP) is 4.21. The molecular formula is C16H26BrNO. The average Bonchev–Trinajstić information content (AvgIpc) is 2.27. The smallest absolute Gasteiger partial charge is 0.0474 e. The van der Waals surface area contributed by atoms with E-state index in [1.165, 1.54) is 15.6 Å². The number of rotatable bonds is 6. The molecule has 19 heavy (non-hydrogen) atoms. The lowest BCUT2D eigenvalue weighted by Gasteiger charge is -2.22. The van der Waals surface area contributed by atoms with Crippen molar-refractivity contribution in [1.82, 2.24) is 4.90 Å². The molecule has 108 valence electrons. The summed E-state index contributed by atoms with van der Waals surface area (Å²) in [4.78, 5) is 2.34. The summed E-state index contributed by atoms with van der Waals surface area (Å²) in [5, 5.41) is 0. The van der Waals surface area contributed by atoms with E-state index in [9.17, 15) is 0 Å². The number of hydrogen-bond acceptors (Lipinski definition) is 2. The van der Waals surface area contributed by atoms with E-state index in [-0.39, 0.29) is 5.41 Å². The fourth-order valence-electron chi connectivity index (χ4n) is 2.04. The molecule has 1 rings (SSSR count). The largest absolute Gasteiger partial charge is 0.385 e. The lowest BCUT2D eigenvalue weighted by Crippen LogP contribution is -2.21. The lowest BCUT2D eigenvalue weighted by molar-refractivity contribution is 0.178. The second-order valence-electron chi connectivity index (χ2n) is 6.18. The molecule has 0 radical (unpaired) electrons. The van der Waals surface area contributed by atoms with Gasteiger partial charge < -0.3 is 9.64 Å². The minimum Gasteiger partial charge on any atom is -0.385 e. The Hall–Kier alpha value is -0.380. The van der Waals surface area contributed by atoms with Crippen LogP contribution in [-0.4, -0.2) is 32.2 Å². The minimum atomic E-state index is 0.188. The lowest BCUT2D eigenvalue weighted by atomic mass is 9.86. The molecule has 0 aliphatic heterocycles. The predicted molar refractivity (Wildman–Crippen MR) is 85.7 cm³/mol. The van der Waals surface area contributed by atoms with Gasteiger partial charge in [-0.3, -0.25) is 0 Å². The molecule has 0 heterocycles. The molecule has 0 atom stereocenters. The van der Waals surface area contributed by atoms with Crippen LogP contribution in [0.5, 0.6) is 0 Å². The van der Waals surface area contributed by atoms with Gasteiger partial charge in [0.15, 0.2) is 0 Å². The zero-order valence-corrected chi connectivity index (χ0v) is 14.4. The van der Waals surface area contributed by atoms with E-state index in [1.807, 2.05) is 0 Å². The highest BCUT2D eigenvalue weighted by molar-refractivity contribution is 9.10. The SMILES string of the molecule is COCCCN(C)Cc1cc(Br)cc(C(C)(C)C)c1. The van der Waals surface area contributed by atoms with Crippen molar-refractivity contribution in [3.8, 4) is 0 Å². The summed E-state index contributed by atoms with van der Waals surface area (Å²) in [5.74, 6) is 0. The van der Waals surface area contributed by atoms with E-state index < -0.39 is 0 Å². The molecule has 0 spiro atoms. The number of nitrogens with zero attached hydrogens (tertiary/aromatic N) is 1. The number of ether oxygens (including phenoxy) is 1. The van der Waals surface area contributed by atoms with Crippen molar-refractivity contribution in [3.63, 3.8) is 0 Å². The summed E-state index contributed by atoms with van der Waals surface area (Å²) >= 11 is 3.62. The van der Waals surface area contributed by atoms with Crippen molar-refractivity contribution in [2.75, 3.05) is 27.3 Å². The first-order chi connectivity index (χ1) is 8.82. The molecule has 0 aliphatic rings. The van der Waals surface area contributed by atoms with Gasteiger partial charge in [0.1, 0.15) is 0 Å². The van der Waals surface area contributed by atoms with E-state index in [2.05, 4.69) is 66.8 Å². The van der Waals surface area contributed by atoms with Crippen molar-refractivity contribution < 1.29 is 4.74 Å². The summed E-state index contributed by atoms with van der Waals surface area (Å²) in [6.45, 7) is 9.62. The van der Waals surface area contributed by atoms with Crippen LogP contribution in [0.2, 0.25) is 0 Å². The normalized spacial score (nSPS) is 12.2. The Morgan fingerprint density at radius 2 is 1.89 bits per heavy atom. The molecule has 0 unspecified atom stereocenters. The van der Waals surface area contributed by atoms with Crippen LogP contribution in [0.15, 0.2) is 22.7 Å². The summed E-state index contributed by atoms with van der Waals surface area (Å²) in [6.07, 6.45) is 1.08. The quantitative estimate of drug-likeness (QED) is 0.725. The van der Waals surface area contributed by atoms with Crippen molar-refractivity contribution in [1.29, 1.82) is 0 Å². The van der Waals surface area contributed by atoms with Gasteiger partial charge >= 0.3 is 0 Å². The van der Waals surface area contributed by atoms with Crippen molar-refractivity contribution in [2.45, 2.75) is 39.2 Å². The van der Waals surface area contributed by atoms with Gasteiger partial charge in [0, 0.05) is 31.3 Å². The van der Waals surface area contributed by atoms with Gasteiger partial charge in [-0.2, -0.15) is 0 Å². The fourth-order valence-corrected chi connectivity index (χ4v) is 2.58. The Balaban J connectivity index is 2.70. The summed E-state index contributed by atoms with van der Waals surface area (Å²) in [6, 6.07) is 6.74. The monoisotopic (exact) mass is 327 g/mol. The van der Waals surface area contributed by atoms with Crippen LogP contribution in [0.4, 0.5) is 0 Å². The van der Waals surface area contributed by atoms with E-state index in [1.54, 1.807) is 7.11 Å². The van der Waals surface area contributed by atoms with Crippen LogP contribution >= 0.6 is 15.9 Å². The van der Waals surface area contributed by atoms with Gasteiger partial charge in [0.25, 0.3) is 0 Å². The average molecular weight is 328 g/mol. The molecule has 3 heteroatoms. The number of halogens is 1. The molecule has 0 saturated carbocycles. The Labute approximate surface area is 126 Å². The highest BCUT2D eigenvalue weighted by Crippen LogP contribution is 2.27. The molecule has 0 bridgehead atoms. The molecule has 0 aromatic heterocycles. The topological polar surface area (TPSA) is 12.5 Å². The van der Waals surface area contributed by atoms with E-state index in [4.69, 9.17) is 4.74 Å². The molecule has 0 saturated heterocycles. The summed E-state index contributed by atoms with van der Waals surface area (Å²) < 4.78 is 6.26. The first-order valence-electron chi connectivity index (χ1n) is 6.80. The van der Waals surface area contributed by atoms with Crippen molar-refractivity contribution in [3.05, 3.63) is 33.8 Å². The second-order valence-corrected chi connectivity index (χ2v) is 7.10. The van der Waals surface area contributed by atoms with Crippen molar-refractivity contribution >= 4 is 15.9 Å². The van der Waals surface area contributed by atoms with Crippen LogP contribution in [0, 0.1) is 0 Å². The van der Waals surface area contributed by atoms with Gasteiger partial charge in [-0.05, 0) is 42.1 Å². The third-order valence-electron chi connectivity index (χ3n) is 3.16. The summed E-state index contributed by atoms with van der Waals surface area (Å²) in [5.41, 5.74) is 2.93. The number of benzene rings is 1. The van der Waals surface area contributed by atoms with Crippen LogP contribution in [0.25, 0.3) is 0 Å². The summed E-state index contributed by atoms with van der Waals surface area (Å²) in [7, 11) is 3.91. The maximum atomic E-state index is 5.09. The highest BCUT2D eigenvalue weighted by Gasteiger charge is 2.15. The maximum Gasteiger partial charge on any atom is 0.0474 e. The molecular weight excluding hydrogens is 302 g/mol. The van der Waals surface area contributed by atoms with Crippen LogP contribution in [-0.2, 0) is 16.7 Å². The second kappa shape index (κ2) is 7.41. The minimum absolute atomic E-state index is 0.188. The molecule has 0 aliphatic carbocycles. The number of hydrogen-bond donors (Lipinski definition) is 0. The molecule has 0 amide bonds. The van der Waals surface area contributed by atoms with Gasteiger partial charge in [-0.1, -0.05) is 42.8 Å². The van der Waals surface area contributed by atoms with Crippen LogP contribution in [0.3, 0.4) is 0 Å². The fraction of sp³-hybridized carbons (Fsp3) is 0.625. The van der Waals surface area contributed by atoms with Crippen molar-refractivity contribution in [2.24, 2.45) is 0 Å². The zero-order chi connectivity index (χ0) is 14.5. The standard InChI is InChI=1S/C16H26BrNO/c1-16(2,3)14-9-13(10-15(17)11-14)12-18(4)7-6-8-19-5/h9-11H,6-8,12H2,1-5H3. The molecule has 1 aromatic rings. The Kier molecular flexibility index (Phi) is 6.51. The van der Waals surface area contributed by atoms with Gasteiger partial charge in [0.05, 0.1) is 0 Å². The zero-order valence-electron chi connectivity index (χ0n) is 12.8. The Morgan fingerprint density at radius 1 is 1.21 bits per heavy atom. The molecule has 1 aromatic carbocycles. The van der Waals surface area contributed by atoms with Gasteiger partial charge in [-0.25, -0.2) is 0 Å². The molecule has 0 fully saturated rings. The Morgan fingerprint density at radius 3 is 2.47 bits per heavy atom.